The van der Waals surface area contributed by atoms with E-state index >= 15 is 0 Å². The Morgan fingerprint density at radius 2 is 1.64 bits per heavy atom. The van der Waals surface area contributed by atoms with Crippen LogP contribution in [0.3, 0.4) is 0 Å². The largest absolute Gasteiger partial charge is 0.349 e. The molecule has 1 aromatic carbocycles. The van der Waals surface area contributed by atoms with Crippen LogP contribution >= 0.6 is 0 Å². The molecule has 25 heavy (non-hydrogen) atoms. The zero-order valence-electron chi connectivity index (χ0n) is 14.2. The highest BCUT2D eigenvalue weighted by Gasteiger charge is 2.17. The van der Waals surface area contributed by atoms with E-state index in [-0.39, 0.29) is 17.9 Å². The van der Waals surface area contributed by atoms with Gasteiger partial charge in [-0.05, 0) is 48.7 Å². The zero-order chi connectivity index (χ0) is 17.5. The Bertz CT molecular complexity index is 725. The van der Waals surface area contributed by atoms with Gasteiger partial charge in [-0.2, -0.15) is 0 Å². The Morgan fingerprint density at radius 1 is 0.960 bits per heavy atom. The predicted octanol–water partition coefficient (Wildman–Crippen LogP) is 3.07. The first-order valence-corrected chi connectivity index (χ1v) is 8.80. The fourth-order valence-corrected chi connectivity index (χ4v) is 3.10. The van der Waals surface area contributed by atoms with Crippen LogP contribution in [0.1, 0.15) is 58.4 Å². The van der Waals surface area contributed by atoms with Crippen molar-refractivity contribution in [1.29, 1.82) is 0 Å². The summed E-state index contributed by atoms with van der Waals surface area (Å²) in [6.07, 6.45) is 9.05. The number of nitrogens with one attached hydrogen (secondary N) is 2. The van der Waals surface area contributed by atoms with E-state index in [1.807, 2.05) is 12.1 Å². The van der Waals surface area contributed by atoms with Crippen LogP contribution in [0.25, 0.3) is 0 Å². The Hall–Kier alpha value is -2.69. The lowest BCUT2D eigenvalue weighted by Crippen LogP contribution is -2.36. The molecule has 1 saturated carbocycles. The molecule has 1 aromatic heterocycles. The summed E-state index contributed by atoms with van der Waals surface area (Å²) in [5, 5.41) is 5.95. The highest BCUT2D eigenvalue weighted by Crippen LogP contribution is 2.18. The molecule has 0 saturated heterocycles. The summed E-state index contributed by atoms with van der Waals surface area (Å²) in [7, 11) is 0. The lowest BCUT2D eigenvalue weighted by Gasteiger charge is -2.22. The van der Waals surface area contributed by atoms with Crippen LogP contribution in [0.2, 0.25) is 0 Å². The maximum Gasteiger partial charge on any atom is 0.251 e. The molecule has 130 valence electrons. The van der Waals surface area contributed by atoms with Gasteiger partial charge in [-0.1, -0.05) is 25.3 Å². The minimum Gasteiger partial charge on any atom is -0.349 e. The molecule has 1 aliphatic carbocycles. The SMILES string of the molecule is O=C(NCc1ccncc1)c1cccc(C(=O)NC2CCCCC2)c1. The third kappa shape index (κ3) is 4.89. The van der Waals surface area contributed by atoms with Gasteiger partial charge in [0.15, 0.2) is 0 Å². The second-order valence-corrected chi connectivity index (χ2v) is 6.43. The van der Waals surface area contributed by atoms with Gasteiger partial charge < -0.3 is 10.6 Å². The molecule has 0 bridgehead atoms. The van der Waals surface area contributed by atoms with Gasteiger partial charge in [0.25, 0.3) is 11.8 Å². The summed E-state index contributed by atoms with van der Waals surface area (Å²) in [4.78, 5) is 28.7. The summed E-state index contributed by atoms with van der Waals surface area (Å²) < 4.78 is 0. The third-order valence-corrected chi connectivity index (χ3v) is 4.53. The standard InChI is InChI=1S/C20H23N3O2/c24-19(22-14-15-9-11-21-12-10-15)16-5-4-6-17(13-16)20(25)23-18-7-2-1-3-8-18/h4-6,9-13,18H,1-3,7-8,14H2,(H,22,24)(H,23,25). The molecule has 0 unspecified atom stereocenters. The van der Waals surface area contributed by atoms with Crippen molar-refractivity contribution in [1.82, 2.24) is 15.6 Å². The molecule has 0 atom stereocenters. The van der Waals surface area contributed by atoms with Crippen molar-refractivity contribution >= 4 is 11.8 Å². The lowest BCUT2D eigenvalue weighted by atomic mass is 9.95. The third-order valence-electron chi connectivity index (χ3n) is 4.53. The van der Waals surface area contributed by atoms with Crippen LogP contribution in [0.15, 0.2) is 48.8 Å². The average Bonchev–Trinajstić information content (AvgIpc) is 2.68. The molecular formula is C20H23N3O2. The number of hydrogen-bond donors (Lipinski definition) is 2. The molecule has 5 nitrogen and oxygen atoms in total. The van der Waals surface area contributed by atoms with Gasteiger partial charge in [0, 0.05) is 36.1 Å². The van der Waals surface area contributed by atoms with Gasteiger partial charge in [0.05, 0.1) is 0 Å². The molecule has 0 spiro atoms. The van der Waals surface area contributed by atoms with Gasteiger partial charge in [-0.3, -0.25) is 14.6 Å². The van der Waals surface area contributed by atoms with Crippen LogP contribution < -0.4 is 10.6 Å². The highest BCUT2D eigenvalue weighted by molar-refractivity contribution is 5.99. The van der Waals surface area contributed by atoms with Crippen molar-refractivity contribution in [3.63, 3.8) is 0 Å². The number of pyridine rings is 1. The number of aromatic nitrogens is 1. The van der Waals surface area contributed by atoms with Crippen LogP contribution in [-0.2, 0) is 6.54 Å². The number of hydrogen-bond acceptors (Lipinski definition) is 3. The van der Waals surface area contributed by atoms with Crippen molar-refractivity contribution in [2.45, 2.75) is 44.7 Å². The first-order chi connectivity index (χ1) is 12.2. The fraction of sp³-hybridized carbons (Fsp3) is 0.350. The maximum absolute atomic E-state index is 12.4. The molecule has 1 fully saturated rings. The van der Waals surface area contributed by atoms with Crippen molar-refractivity contribution < 1.29 is 9.59 Å². The normalized spacial score (nSPS) is 14.7. The quantitative estimate of drug-likeness (QED) is 0.881. The Morgan fingerprint density at radius 3 is 2.36 bits per heavy atom. The number of nitrogens with zero attached hydrogens (tertiary/aromatic N) is 1. The zero-order valence-corrected chi connectivity index (χ0v) is 14.2. The topological polar surface area (TPSA) is 71.1 Å². The van der Waals surface area contributed by atoms with Crippen LogP contribution in [0, 0.1) is 0 Å². The Labute approximate surface area is 147 Å². The number of carbonyl (C=O) groups is 2. The summed E-state index contributed by atoms with van der Waals surface area (Å²) >= 11 is 0. The number of amides is 2. The summed E-state index contributed by atoms with van der Waals surface area (Å²) in [6.45, 7) is 0.430. The van der Waals surface area contributed by atoms with Gasteiger partial charge in [-0.25, -0.2) is 0 Å². The van der Waals surface area contributed by atoms with E-state index in [0.29, 0.717) is 17.7 Å². The minimum absolute atomic E-state index is 0.101. The molecule has 1 aliphatic rings. The number of carbonyl (C=O) groups excluding carboxylic acids is 2. The summed E-state index contributed by atoms with van der Waals surface area (Å²) in [5.74, 6) is -0.292. The molecule has 0 radical (unpaired) electrons. The number of rotatable bonds is 5. The van der Waals surface area contributed by atoms with Crippen molar-refractivity contribution in [3.05, 3.63) is 65.5 Å². The second-order valence-electron chi connectivity index (χ2n) is 6.43. The van der Waals surface area contributed by atoms with E-state index in [1.54, 1.807) is 36.7 Å². The molecule has 5 heteroatoms. The molecular weight excluding hydrogens is 314 g/mol. The van der Waals surface area contributed by atoms with Gasteiger partial charge in [-0.15, -0.1) is 0 Å². The molecule has 0 aliphatic heterocycles. The minimum atomic E-state index is -0.191. The van der Waals surface area contributed by atoms with Crippen molar-refractivity contribution in [3.8, 4) is 0 Å². The number of benzene rings is 1. The molecule has 2 amide bonds. The maximum atomic E-state index is 12.4. The monoisotopic (exact) mass is 337 g/mol. The molecule has 3 rings (SSSR count). The first kappa shape index (κ1) is 17.1. The van der Waals surface area contributed by atoms with E-state index < -0.39 is 0 Å². The second kappa shape index (κ2) is 8.42. The van der Waals surface area contributed by atoms with Crippen LogP contribution in [0.5, 0.6) is 0 Å². The van der Waals surface area contributed by atoms with Gasteiger partial charge >= 0.3 is 0 Å². The highest BCUT2D eigenvalue weighted by atomic mass is 16.2. The smallest absolute Gasteiger partial charge is 0.251 e. The van der Waals surface area contributed by atoms with Gasteiger partial charge in [0.2, 0.25) is 0 Å². The molecule has 2 aromatic rings. The van der Waals surface area contributed by atoms with E-state index in [2.05, 4.69) is 15.6 Å². The summed E-state index contributed by atoms with van der Waals surface area (Å²) in [6, 6.07) is 10.8. The fourth-order valence-electron chi connectivity index (χ4n) is 3.10. The predicted molar refractivity (Wildman–Crippen MR) is 96.2 cm³/mol. The van der Waals surface area contributed by atoms with Crippen molar-refractivity contribution in [2.75, 3.05) is 0 Å². The molecule has 2 N–H and O–H groups in total. The lowest BCUT2D eigenvalue weighted by molar-refractivity contribution is 0.0927. The van der Waals surface area contributed by atoms with Crippen LogP contribution in [-0.4, -0.2) is 22.8 Å². The van der Waals surface area contributed by atoms with Gasteiger partial charge in [0.1, 0.15) is 0 Å². The van der Waals surface area contributed by atoms with Crippen molar-refractivity contribution in [2.24, 2.45) is 0 Å². The average molecular weight is 337 g/mol. The Balaban J connectivity index is 1.60. The van der Waals surface area contributed by atoms with E-state index in [0.717, 1.165) is 18.4 Å². The molecule has 1 heterocycles. The first-order valence-electron chi connectivity index (χ1n) is 8.80. The van der Waals surface area contributed by atoms with Crippen LogP contribution in [0.4, 0.5) is 0 Å². The van der Waals surface area contributed by atoms with E-state index in [9.17, 15) is 9.59 Å². The Kier molecular flexibility index (Phi) is 5.77. The van der Waals surface area contributed by atoms with E-state index in [1.165, 1.54) is 19.3 Å². The summed E-state index contributed by atoms with van der Waals surface area (Å²) in [5.41, 5.74) is 2.00. The van der Waals surface area contributed by atoms with E-state index in [4.69, 9.17) is 0 Å².